The third-order valence-electron chi connectivity index (χ3n) is 5.93. The molecular weight excluding hydrogens is 384 g/mol. The number of H-pyrrole nitrogens is 2. The Morgan fingerprint density at radius 3 is 1.45 bits per heavy atom. The van der Waals surface area contributed by atoms with E-state index in [9.17, 15) is 0 Å². The molecule has 2 N–H and O–H groups in total. The Morgan fingerprint density at radius 2 is 0.935 bits per heavy atom. The quantitative estimate of drug-likeness (QED) is 0.340. The Balaban J connectivity index is 1.31. The number of nitrogens with zero attached hydrogens (tertiary/aromatic N) is 2. The number of nitrogens with one attached hydrogen (secondary N) is 2. The van der Waals surface area contributed by atoms with E-state index in [1.165, 1.54) is 21.5 Å². The van der Waals surface area contributed by atoms with Gasteiger partial charge in [0, 0.05) is 54.7 Å². The number of para-hydroxylation sites is 2. The topological polar surface area (TPSA) is 70.5 Å². The van der Waals surface area contributed by atoms with E-state index < -0.39 is 0 Å². The van der Waals surface area contributed by atoms with Crippen molar-refractivity contribution in [3.8, 4) is 22.9 Å². The predicted octanol–water partition coefficient (Wildman–Crippen LogP) is 6.67. The second-order valence-corrected chi connectivity index (χ2v) is 7.77. The highest BCUT2D eigenvalue weighted by atomic mass is 16.4. The fourth-order valence-corrected chi connectivity index (χ4v) is 4.43. The lowest BCUT2D eigenvalue weighted by Gasteiger charge is -1.97. The first-order chi connectivity index (χ1) is 15.3. The summed E-state index contributed by atoms with van der Waals surface area (Å²) in [6.07, 6.45) is 0. The van der Waals surface area contributed by atoms with Crippen molar-refractivity contribution in [2.45, 2.75) is 0 Å². The van der Waals surface area contributed by atoms with Crippen molar-refractivity contribution in [2.75, 3.05) is 0 Å². The Morgan fingerprint density at radius 1 is 0.484 bits per heavy atom. The molecule has 0 fully saturated rings. The third kappa shape index (κ3) is 2.43. The van der Waals surface area contributed by atoms with Crippen LogP contribution < -0.4 is 0 Å². The second kappa shape index (κ2) is 6.06. The Labute approximate surface area is 176 Å². The zero-order valence-corrected chi connectivity index (χ0v) is 16.4. The molecule has 0 aliphatic rings. The van der Waals surface area contributed by atoms with Gasteiger partial charge in [0.25, 0.3) is 0 Å². The monoisotopic (exact) mass is 400 g/mol. The summed E-state index contributed by atoms with van der Waals surface area (Å²) in [5.41, 5.74) is 6.13. The number of rotatable bonds is 2. The minimum atomic E-state index is 0.507. The summed E-state index contributed by atoms with van der Waals surface area (Å²) in [5.74, 6) is 1.01. The zero-order valence-electron chi connectivity index (χ0n) is 16.4. The minimum Gasteiger partial charge on any atom is -0.416 e. The van der Waals surface area contributed by atoms with Crippen LogP contribution in [0.25, 0.3) is 66.5 Å². The maximum absolute atomic E-state index is 6.05. The van der Waals surface area contributed by atoms with E-state index >= 15 is 0 Å². The number of hydrogen-bond donors (Lipinski definition) is 2. The normalized spacial score (nSPS) is 11.9. The summed E-state index contributed by atoms with van der Waals surface area (Å²) < 4.78 is 6.05. The summed E-state index contributed by atoms with van der Waals surface area (Å²) in [6.45, 7) is 0. The largest absolute Gasteiger partial charge is 0.416 e. The molecule has 7 aromatic rings. The van der Waals surface area contributed by atoms with E-state index in [-0.39, 0.29) is 0 Å². The smallest absolute Gasteiger partial charge is 0.248 e. The maximum Gasteiger partial charge on any atom is 0.248 e. The van der Waals surface area contributed by atoms with Crippen LogP contribution >= 0.6 is 0 Å². The molecule has 146 valence electrons. The van der Waals surface area contributed by atoms with Gasteiger partial charge in [-0.05, 0) is 36.4 Å². The van der Waals surface area contributed by atoms with Crippen LogP contribution in [-0.4, -0.2) is 20.2 Å². The summed E-state index contributed by atoms with van der Waals surface area (Å²) >= 11 is 0. The van der Waals surface area contributed by atoms with Gasteiger partial charge in [-0.25, -0.2) is 0 Å². The van der Waals surface area contributed by atoms with E-state index in [4.69, 9.17) is 4.42 Å². The number of aromatic nitrogens is 4. The maximum atomic E-state index is 6.05. The number of hydrogen-bond acceptors (Lipinski definition) is 3. The summed E-state index contributed by atoms with van der Waals surface area (Å²) in [4.78, 5) is 6.93. The summed E-state index contributed by atoms with van der Waals surface area (Å²) in [7, 11) is 0. The van der Waals surface area contributed by atoms with Crippen LogP contribution in [0.5, 0.6) is 0 Å². The average Bonchev–Trinajstić information content (AvgIpc) is 3.53. The van der Waals surface area contributed by atoms with Gasteiger partial charge in [0.05, 0.1) is 0 Å². The lowest BCUT2D eigenvalue weighted by Crippen LogP contribution is -1.78. The van der Waals surface area contributed by atoms with Crippen LogP contribution in [0.4, 0.5) is 0 Å². The van der Waals surface area contributed by atoms with Crippen molar-refractivity contribution in [3.05, 3.63) is 84.9 Å². The van der Waals surface area contributed by atoms with E-state index in [2.05, 4.69) is 80.8 Å². The molecule has 0 aliphatic heterocycles. The van der Waals surface area contributed by atoms with Gasteiger partial charge >= 0.3 is 0 Å². The highest BCUT2D eigenvalue weighted by molar-refractivity contribution is 6.08. The predicted molar refractivity (Wildman–Crippen MR) is 124 cm³/mol. The SMILES string of the molecule is c1ccc2c(c1)[nH]c1cc(-c3nnc(-c4ccc5c(c4)[nH]c4ccccc45)o3)ccc12. The van der Waals surface area contributed by atoms with Gasteiger partial charge in [-0.15, -0.1) is 10.2 Å². The first kappa shape index (κ1) is 16.4. The van der Waals surface area contributed by atoms with Gasteiger partial charge < -0.3 is 14.4 Å². The molecule has 0 aliphatic carbocycles. The molecule has 3 aromatic heterocycles. The Bertz CT molecular complexity index is 1620. The molecule has 0 spiro atoms. The van der Waals surface area contributed by atoms with Crippen LogP contribution in [0.1, 0.15) is 0 Å². The Hall–Kier alpha value is -4.38. The molecule has 0 unspecified atom stereocenters. The van der Waals surface area contributed by atoms with E-state index in [1.54, 1.807) is 0 Å². The molecule has 7 rings (SSSR count). The lowest BCUT2D eigenvalue weighted by molar-refractivity contribution is 0.585. The standard InChI is InChI=1S/C26H16N4O/c1-3-7-21-17(5-1)19-11-9-15(13-23(19)27-21)25-29-30-26(31-25)16-10-12-20-18-6-2-4-8-22(18)28-24(20)14-16/h1-14,27-28H. The molecule has 5 nitrogen and oxygen atoms in total. The van der Waals surface area contributed by atoms with E-state index in [0.717, 1.165) is 33.2 Å². The summed E-state index contributed by atoms with van der Waals surface area (Å²) in [5, 5.41) is 13.4. The molecule has 0 radical (unpaired) electrons. The number of fused-ring (bicyclic) bond motifs is 6. The molecular formula is C26H16N4O. The van der Waals surface area contributed by atoms with Gasteiger partial charge in [0.2, 0.25) is 11.8 Å². The van der Waals surface area contributed by atoms with Crippen molar-refractivity contribution < 1.29 is 4.42 Å². The van der Waals surface area contributed by atoms with Gasteiger partial charge in [0.1, 0.15) is 0 Å². The van der Waals surface area contributed by atoms with Crippen LogP contribution in [0.2, 0.25) is 0 Å². The van der Waals surface area contributed by atoms with Gasteiger partial charge in [-0.1, -0.05) is 48.5 Å². The van der Waals surface area contributed by atoms with Crippen LogP contribution in [0.15, 0.2) is 89.3 Å². The van der Waals surface area contributed by atoms with E-state index in [1.807, 2.05) is 24.3 Å². The number of benzene rings is 4. The molecule has 31 heavy (non-hydrogen) atoms. The molecule has 0 amide bonds. The zero-order chi connectivity index (χ0) is 20.4. The number of aromatic amines is 2. The molecule has 4 aromatic carbocycles. The molecule has 5 heteroatoms. The van der Waals surface area contributed by atoms with Gasteiger partial charge in [-0.2, -0.15) is 0 Å². The highest BCUT2D eigenvalue weighted by Gasteiger charge is 2.14. The van der Waals surface area contributed by atoms with Gasteiger partial charge in [-0.3, -0.25) is 0 Å². The second-order valence-electron chi connectivity index (χ2n) is 7.77. The fourth-order valence-electron chi connectivity index (χ4n) is 4.43. The van der Waals surface area contributed by atoms with Crippen molar-refractivity contribution in [1.82, 2.24) is 20.2 Å². The highest BCUT2D eigenvalue weighted by Crippen LogP contribution is 2.32. The molecule has 0 saturated heterocycles. The van der Waals surface area contributed by atoms with Crippen molar-refractivity contribution >= 4 is 43.6 Å². The Kier molecular flexibility index (Phi) is 3.21. The van der Waals surface area contributed by atoms with Crippen molar-refractivity contribution in [2.24, 2.45) is 0 Å². The average molecular weight is 400 g/mol. The van der Waals surface area contributed by atoms with Crippen LogP contribution in [0.3, 0.4) is 0 Å². The minimum absolute atomic E-state index is 0.507. The molecule has 3 heterocycles. The van der Waals surface area contributed by atoms with Gasteiger partial charge in [0.15, 0.2) is 0 Å². The molecule has 0 atom stereocenters. The summed E-state index contributed by atoms with van der Waals surface area (Å²) in [6, 6.07) is 29.0. The lowest BCUT2D eigenvalue weighted by atomic mass is 10.1. The third-order valence-corrected chi connectivity index (χ3v) is 5.93. The first-order valence-corrected chi connectivity index (χ1v) is 10.2. The van der Waals surface area contributed by atoms with Crippen LogP contribution in [-0.2, 0) is 0 Å². The molecule has 0 bridgehead atoms. The van der Waals surface area contributed by atoms with Crippen molar-refractivity contribution in [1.29, 1.82) is 0 Å². The van der Waals surface area contributed by atoms with Crippen molar-refractivity contribution in [3.63, 3.8) is 0 Å². The molecule has 0 saturated carbocycles. The fraction of sp³-hybridized carbons (Fsp3) is 0. The van der Waals surface area contributed by atoms with E-state index in [0.29, 0.717) is 11.8 Å². The first-order valence-electron chi connectivity index (χ1n) is 10.2. The van der Waals surface area contributed by atoms with Crippen LogP contribution in [0, 0.1) is 0 Å².